The van der Waals surface area contributed by atoms with Crippen molar-refractivity contribution in [2.24, 2.45) is 11.8 Å². The van der Waals surface area contributed by atoms with Crippen molar-refractivity contribution >= 4 is 11.8 Å². The Kier molecular flexibility index (Phi) is 14.2. The summed E-state index contributed by atoms with van der Waals surface area (Å²) in [6.07, 6.45) is -6.96. The summed E-state index contributed by atoms with van der Waals surface area (Å²) in [6.45, 7) is 6.47. The minimum atomic E-state index is -1.88. The van der Waals surface area contributed by atoms with Crippen LogP contribution in [0.5, 0.6) is 0 Å². The Morgan fingerprint density at radius 2 is 0.975 bits per heavy atom. The standard InChI is InChI=1S/C30H44N2O8/c1-19(2)23(15-33)31-29(37)27(39-17-21-11-7-5-8-12-21)25(35)26(36)28(30(38)32-24(16-34)20(3)4)40-18-22-13-9-6-10-14-22/h5-14,19-20,23-28,33-36H,15-18H2,1-4H3,(H,31,37)(H,32,38). The highest BCUT2D eigenvalue weighted by Gasteiger charge is 2.41. The number of nitrogens with one attached hydrogen (secondary N) is 2. The zero-order chi connectivity index (χ0) is 29.7. The smallest absolute Gasteiger partial charge is 0.252 e. The Hall–Kier alpha value is -2.86. The van der Waals surface area contributed by atoms with E-state index in [4.69, 9.17) is 9.47 Å². The zero-order valence-corrected chi connectivity index (χ0v) is 23.6. The van der Waals surface area contributed by atoms with Gasteiger partial charge in [0, 0.05) is 0 Å². The summed E-state index contributed by atoms with van der Waals surface area (Å²) in [5.74, 6) is -1.75. The molecule has 6 N–H and O–H groups in total. The van der Waals surface area contributed by atoms with Crippen molar-refractivity contribution in [1.29, 1.82) is 0 Å². The topological polar surface area (TPSA) is 158 Å². The molecular weight excluding hydrogens is 516 g/mol. The first-order valence-electron chi connectivity index (χ1n) is 13.6. The van der Waals surface area contributed by atoms with E-state index in [1.54, 1.807) is 48.5 Å². The zero-order valence-electron chi connectivity index (χ0n) is 23.6. The number of rotatable bonds is 17. The molecule has 2 amide bonds. The van der Waals surface area contributed by atoms with E-state index in [1.165, 1.54) is 0 Å². The van der Waals surface area contributed by atoms with Gasteiger partial charge in [0.05, 0.1) is 38.5 Å². The van der Waals surface area contributed by atoms with Crippen molar-refractivity contribution in [3.8, 4) is 0 Å². The molecule has 0 saturated carbocycles. The normalized spacial score (nSPS) is 16.1. The minimum Gasteiger partial charge on any atom is -0.394 e. The molecule has 2 rings (SSSR count). The van der Waals surface area contributed by atoms with Crippen LogP contribution < -0.4 is 10.6 Å². The fraction of sp³-hybridized carbons (Fsp3) is 0.533. The first-order valence-corrected chi connectivity index (χ1v) is 13.6. The van der Waals surface area contributed by atoms with Crippen molar-refractivity contribution in [3.05, 3.63) is 71.8 Å². The van der Waals surface area contributed by atoms with Crippen molar-refractivity contribution in [2.45, 2.75) is 77.4 Å². The van der Waals surface area contributed by atoms with Crippen molar-refractivity contribution in [2.75, 3.05) is 13.2 Å². The molecule has 0 aliphatic carbocycles. The van der Waals surface area contributed by atoms with Gasteiger partial charge >= 0.3 is 0 Å². The van der Waals surface area contributed by atoms with Crippen LogP contribution in [0.25, 0.3) is 0 Å². The third-order valence-corrected chi connectivity index (χ3v) is 6.69. The maximum Gasteiger partial charge on any atom is 0.252 e. The molecule has 6 atom stereocenters. The van der Waals surface area contributed by atoms with Gasteiger partial charge in [0.1, 0.15) is 12.2 Å². The van der Waals surface area contributed by atoms with Gasteiger partial charge < -0.3 is 40.5 Å². The Balaban J connectivity index is 2.33. The first-order chi connectivity index (χ1) is 19.1. The largest absolute Gasteiger partial charge is 0.394 e. The minimum absolute atomic E-state index is 0.0597. The molecule has 222 valence electrons. The SMILES string of the molecule is CC(C)C(CO)NC(=O)C(OCc1ccccc1)C(O)C(O)C(OCc1ccccc1)C(=O)NC(CO)C(C)C. The average Bonchev–Trinajstić information content (AvgIpc) is 2.95. The Morgan fingerprint density at radius 1 is 0.650 bits per heavy atom. The summed E-state index contributed by atoms with van der Waals surface area (Å²) in [7, 11) is 0. The maximum absolute atomic E-state index is 13.3. The summed E-state index contributed by atoms with van der Waals surface area (Å²) in [6, 6.07) is 16.7. The quantitative estimate of drug-likeness (QED) is 0.168. The fourth-order valence-corrected chi connectivity index (χ4v) is 3.91. The van der Waals surface area contributed by atoms with E-state index < -0.39 is 48.3 Å². The van der Waals surface area contributed by atoms with Crippen LogP contribution in [0.15, 0.2) is 60.7 Å². The number of hydrogen-bond acceptors (Lipinski definition) is 8. The second kappa shape index (κ2) is 17.1. The predicted molar refractivity (Wildman–Crippen MR) is 150 cm³/mol. The summed E-state index contributed by atoms with van der Waals surface area (Å²) in [5.41, 5.74) is 1.45. The van der Waals surface area contributed by atoms with Gasteiger partial charge in [-0.3, -0.25) is 9.59 Å². The van der Waals surface area contributed by atoms with E-state index in [0.717, 1.165) is 11.1 Å². The van der Waals surface area contributed by atoms with E-state index in [1.807, 2.05) is 39.8 Å². The molecule has 0 aromatic heterocycles. The van der Waals surface area contributed by atoms with Crippen LogP contribution in [0.3, 0.4) is 0 Å². The van der Waals surface area contributed by atoms with Crippen LogP contribution in [-0.4, -0.2) is 82.0 Å². The molecule has 6 unspecified atom stereocenters. The lowest BCUT2D eigenvalue weighted by Gasteiger charge is -2.33. The van der Waals surface area contributed by atoms with Crippen molar-refractivity contribution in [1.82, 2.24) is 10.6 Å². The summed E-state index contributed by atoms with van der Waals surface area (Å²) < 4.78 is 11.6. The molecule has 40 heavy (non-hydrogen) atoms. The van der Waals surface area contributed by atoms with Gasteiger partial charge in [-0.15, -0.1) is 0 Å². The monoisotopic (exact) mass is 560 g/mol. The van der Waals surface area contributed by atoms with Gasteiger partial charge in [0.25, 0.3) is 11.8 Å². The van der Waals surface area contributed by atoms with Gasteiger partial charge in [-0.05, 0) is 23.0 Å². The van der Waals surface area contributed by atoms with E-state index in [9.17, 15) is 30.0 Å². The molecule has 10 nitrogen and oxygen atoms in total. The lowest BCUT2D eigenvalue weighted by molar-refractivity contribution is -0.171. The average molecular weight is 561 g/mol. The number of benzene rings is 2. The van der Waals surface area contributed by atoms with Crippen LogP contribution in [0, 0.1) is 11.8 Å². The summed E-state index contributed by atoms with van der Waals surface area (Å²) >= 11 is 0. The second-order valence-corrected chi connectivity index (χ2v) is 10.5. The van der Waals surface area contributed by atoms with Gasteiger partial charge in [-0.2, -0.15) is 0 Å². The van der Waals surface area contributed by atoms with Crippen LogP contribution in [-0.2, 0) is 32.3 Å². The predicted octanol–water partition coefficient (Wildman–Crippen LogP) is 1.15. The molecule has 2 aromatic carbocycles. The van der Waals surface area contributed by atoms with Gasteiger partial charge in [-0.25, -0.2) is 0 Å². The molecule has 0 bridgehead atoms. The lowest BCUT2D eigenvalue weighted by atomic mass is 9.98. The number of ether oxygens (including phenoxy) is 2. The molecule has 0 spiro atoms. The number of carbonyl (C=O) groups excluding carboxylic acids is 2. The molecule has 0 aliphatic rings. The third kappa shape index (κ3) is 10.3. The second-order valence-electron chi connectivity index (χ2n) is 10.5. The molecule has 0 heterocycles. The molecule has 0 saturated heterocycles. The van der Waals surface area contributed by atoms with Gasteiger partial charge in [-0.1, -0.05) is 88.4 Å². The number of aliphatic hydroxyl groups excluding tert-OH is 4. The number of hydrogen-bond donors (Lipinski definition) is 6. The molecule has 0 aliphatic heterocycles. The van der Waals surface area contributed by atoms with Crippen LogP contribution >= 0.6 is 0 Å². The first kappa shape index (κ1) is 33.3. The molecule has 0 fully saturated rings. The van der Waals surface area contributed by atoms with Crippen LogP contribution in [0.2, 0.25) is 0 Å². The van der Waals surface area contributed by atoms with E-state index in [0.29, 0.717) is 0 Å². The van der Waals surface area contributed by atoms with Crippen molar-refractivity contribution in [3.63, 3.8) is 0 Å². The van der Waals surface area contributed by atoms with Gasteiger partial charge in [0.2, 0.25) is 0 Å². The molecule has 0 radical (unpaired) electrons. The molecule has 10 heteroatoms. The number of aliphatic hydroxyl groups is 4. The van der Waals surface area contributed by atoms with Crippen LogP contribution in [0.4, 0.5) is 0 Å². The highest BCUT2D eigenvalue weighted by atomic mass is 16.5. The highest BCUT2D eigenvalue weighted by molar-refractivity contribution is 5.84. The lowest BCUT2D eigenvalue weighted by Crippen LogP contribution is -2.58. The Bertz CT molecular complexity index is 924. The molecule has 2 aromatic rings. The number of carbonyl (C=O) groups is 2. The third-order valence-electron chi connectivity index (χ3n) is 6.69. The maximum atomic E-state index is 13.3. The summed E-state index contributed by atoms with van der Waals surface area (Å²) in [5, 5.41) is 47.3. The van der Waals surface area contributed by atoms with E-state index in [-0.39, 0.29) is 38.3 Å². The fourth-order valence-electron chi connectivity index (χ4n) is 3.91. The van der Waals surface area contributed by atoms with Gasteiger partial charge in [0.15, 0.2) is 12.2 Å². The Morgan fingerprint density at radius 3 is 1.25 bits per heavy atom. The van der Waals surface area contributed by atoms with Crippen molar-refractivity contribution < 1.29 is 39.5 Å². The highest BCUT2D eigenvalue weighted by Crippen LogP contribution is 2.17. The number of amides is 2. The Labute approximate surface area is 236 Å². The van der Waals surface area contributed by atoms with E-state index >= 15 is 0 Å². The summed E-state index contributed by atoms with van der Waals surface area (Å²) in [4.78, 5) is 26.6. The van der Waals surface area contributed by atoms with E-state index in [2.05, 4.69) is 10.6 Å². The van der Waals surface area contributed by atoms with Crippen LogP contribution in [0.1, 0.15) is 38.8 Å². The molecular formula is C30H44N2O8.